The summed E-state index contributed by atoms with van der Waals surface area (Å²) >= 11 is 5.90. The summed E-state index contributed by atoms with van der Waals surface area (Å²) in [6.45, 7) is -0.0936. The highest BCUT2D eigenvalue weighted by molar-refractivity contribution is 6.31. The zero-order valence-electron chi connectivity index (χ0n) is 9.57. The lowest BCUT2D eigenvalue weighted by Gasteiger charge is -2.11. The van der Waals surface area contributed by atoms with Crippen molar-refractivity contribution in [3.63, 3.8) is 0 Å². The zero-order valence-corrected chi connectivity index (χ0v) is 10.3. The Bertz CT molecular complexity index is 523. The third kappa shape index (κ3) is 2.81. The monoisotopic (exact) mass is 266 g/mol. The van der Waals surface area contributed by atoms with Gasteiger partial charge in [0.1, 0.15) is 18.2 Å². The fourth-order valence-electron chi connectivity index (χ4n) is 1.60. The quantitative estimate of drug-likeness (QED) is 0.917. The van der Waals surface area contributed by atoms with Crippen LogP contribution in [-0.4, -0.2) is 5.11 Å². The van der Waals surface area contributed by atoms with E-state index in [0.29, 0.717) is 21.9 Å². The van der Waals surface area contributed by atoms with Crippen molar-refractivity contribution in [3.05, 3.63) is 64.4 Å². The van der Waals surface area contributed by atoms with Crippen LogP contribution in [0.2, 0.25) is 5.02 Å². The van der Waals surface area contributed by atoms with Crippen molar-refractivity contribution in [2.75, 3.05) is 0 Å². The fourth-order valence-corrected chi connectivity index (χ4v) is 1.81. The number of benzene rings is 2. The molecule has 0 aliphatic heterocycles. The molecule has 0 fully saturated rings. The molecule has 0 spiro atoms. The predicted molar refractivity (Wildman–Crippen MR) is 68.1 cm³/mol. The van der Waals surface area contributed by atoms with Crippen molar-refractivity contribution in [2.24, 2.45) is 0 Å². The normalized spacial score (nSPS) is 10.4. The van der Waals surface area contributed by atoms with Gasteiger partial charge in [0.2, 0.25) is 0 Å². The fraction of sp³-hybridized carbons (Fsp3) is 0.143. The van der Waals surface area contributed by atoms with E-state index in [4.69, 9.17) is 21.4 Å². The van der Waals surface area contributed by atoms with Crippen LogP contribution in [0, 0.1) is 5.82 Å². The first kappa shape index (κ1) is 12.9. The number of hydrogen-bond acceptors (Lipinski definition) is 2. The van der Waals surface area contributed by atoms with Gasteiger partial charge in [-0.15, -0.1) is 0 Å². The van der Waals surface area contributed by atoms with Gasteiger partial charge in [0.05, 0.1) is 11.6 Å². The minimum absolute atomic E-state index is 0.0303. The van der Waals surface area contributed by atoms with Crippen LogP contribution in [0.4, 0.5) is 4.39 Å². The Morgan fingerprint density at radius 1 is 1.11 bits per heavy atom. The maximum atomic E-state index is 13.5. The van der Waals surface area contributed by atoms with Gasteiger partial charge < -0.3 is 9.84 Å². The number of rotatable bonds is 4. The molecule has 0 saturated carbocycles. The number of aliphatic hydroxyl groups is 1. The van der Waals surface area contributed by atoms with Crippen molar-refractivity contribution >= 4 is 11.6 Å². The first-order valence-electron chi connectivity index (χ1n) is 5.47. The van der Waals surface area contributed by atoms with E-state index in [1.165, 1.54) is 6.07 Å². The van der Waals surface area contributed by atoms with Gasteiger partial charge in [-0.3, -0.25) is 0 Å². The smallest absolute Gasteiger partial charge is 0.131 e. The number of ether oxygens (including phenoxy) is 1. The molecule has 0 atom stereocenters. The maximum Gasteiger partial charge on any atom is 0.131 e. The largest absolute Gasteiger partial charge is 0.488 e. The molecule has 0 heterocycles. The lowest BCUT2D eigenvalue weighted by atomic mass is 10.2. The van der Waals surface area contributed by atoms with E-state index in [1.54, 1.807) is 36.4 Å². The van der Waals surface area contributed by atoms with Crippen LogP contribution in [0.5, 0.6) is 5.75 Å². The third-order valence-corrected chi connectivity index (χ3v) is 2.93. The summed E-state index contributed by atoms with van der Waals surface area (Å²) in [5.74, 6) is 0.128. The molecule has 0 aliphatic carbocycles. The topological polar surface area (TPSA) is 29.5 Å². The molecule has 0 radical (unpaired) electrons. The molecular weight excluding hydrogens is 255 g/mol. The molecule has 0 aromatic heterocycles. The molecule has 2 nitrogen and oxygen atoms in total. The molecule has 0 bridgehead atoms. The first-order chi connectivity index (χ1) is 8.72. The van der Waals surface area contributed by atoms with E-state index in [-0.39, 0.29) is 13.2 Å². The van der Waals surface area contributed by atoms with Crippen LogP contribution in [0.3, 0.4) is 0 Å². The number of para-hydroxylation sites is 1. The Labute approximate surface area is 110 Å². The van der Waals surface area contributed by atoms with Gasteiger partial charge in [0, 0.05) is 11.1 Å². The Balaban J connectivity index is 2.16. The van der Waals surface area contributed by atoms with E-state index >= 15 is 0 Å². The van der Waals surface area contributed by atoms with Gasteiger partial charge in [-0.25, -0.2) is 4.39 Å². The van der Waals surface area contributed by atoms with E-state index in [2.05, 4.69) is 0 Å². The Hall–Kier alpha value is -1.58. The molecule has 94 valence electrons. The molecule has 0 saturated heterocycles. The van der Waals surface area contributed by atoms with Crippen LogP contribution < -0.4 is 4.74 Å². The lowest BCUT2D eigenvalue weighted by Crippen LogP contribution is -2.01. The minimum atomic E-state index is -0.399. The van der Waals surface area contributed by atoms with Crippen LogP contribution in [-0.2, 0) is 13.2 Å². The van der Waals surface area contributed by atoms with Crippen molar-refractivity contribution in [2.45, 2.75) is 13.2 Å². The SMILES string of the molecule is OCc1ccccc1OCc1c(F)cccc1Cl. The van der Waals surface area contributed by atoms with Gasteiger partial charge in [0.25, 0.3) is 0 Å². The average molecular weight is 267 g/mol. The summed E-state index contributed by atoms with van der Waals surface area (Å²) in [4.78, 5) is 0. The number of aliphatic hydroxyl groups excluding tert-OH is 1. The highest BCUT2D eigenvalue weighted by atomic mass is 35.5. The Kier molecular flexibility index (Phi) is 4.18. The highest BCUT2D eigenvalue weighted by Gasteiger charge is 2.09. The maximum absolute atomic E-state index is 13.5. The molecule has 1 N–H and O–H groups in total. The molecule has 0 unspecified atom stereocenters. The molecule has 0 aliphatic rings. The molecular formula is C14H12ClFO2. The summed E-state index contributed by atoms with van der Waals surface area (Å²) < 4.78 is 19.0. The van der Waals surface area contributed by atoms with Crippen molar-refractivity contribution in [1.82, 2.24) is 0 Å². The third-order valence-electron chi connectivity index (χ3n) is 2.58. The summed E-state index contributed by atoms with van der Waals surface area (Å²) in [5, 5.41) is 9.47. The molecule has 4 heteroatoms. The number of halogens is 2. The standard InChI is InChI=1S/C14H12ClFO2/c15-12-5-3-6-13(16)11(12)9-18-14-7-2-1-4-10(14)8-17/h1-7,17H,8-9H2. The molecule has 0 amide bonds. The summed E-state index contributed by atoms with van der Waals surface area (Å²) in [6, 6.07) is 11.6. The van der Waals surface area contributed by atoms with Crippen LogP contribution in [0.25, 0.3) is 0 Å². The van der Waals surface area contributed by atoms with E-state index in [1.807, 2.05) is 0 Å². The van der Waals surface area contributed by atoms with Crippen LogP contribution >= 0.6 is 11.6 Å². The van der Waals surface area contributed by atoms with E-state index in [9.17, 15) is 4.39 Å². The van der Waals surface area contributed by atoms with Gasteiger partial charge >= 0.3 is 0 Å². The van der Waals surface area contributed by atoms with E-state index in [0.717, 1.165) is 0 Å². The summed E-state index contributed by atoms with van der Waals surface area (Å²) in [7, 11) is 0. The molecule has 2 aromatic carbocycles. The highest BCUT2D eigenvalue weighted by Crippen LogP contribution is 2.23. The first-order valence-corrected chi connectivity index (χ1v) is 5.84. The lowest BCUT2D eigenvalue weighted by molar-refractivity contribution is 0.257. The van der Waals surface area contributed by atoms with Gasteiger partial charge in [-0.2, -0.15) is 0 Å². The zero-order chi connectivity index (χ0) is 13.0. The predicted octanol–water partition coefficient (Wildman–Crippen LogP) is 3.55. The van der Waals surface area contributed by atoms with Crippen LogP contribution in [0.1, 0.15) is 11.1 Å². The van der Waals surface area contributed by atoms with Crippen molar-refractivity contribution in [3.8, 4) is 5.75 Å². The minimum Gasteiger partial charge on any atom is -0.488 e. The second kappa shape index (κ2) is 5.85. The number of hydrogen-bond donors (Lipinski definition) is 1. The summed E-state index contributed by atoms with van der Waals surface area (Å²) in [5.41, 5.74) is 0.969. The summed E-state index contributed by atoms with van der Waals surface area (Å²) in [6.07, 6.45) is 0. The molecule has 18 heavy (non-hydrogen) atoms. The second-order valence-corrected chi connectivity index (χ2v) is 4.16. The van der Waals surface area contributed by atoms with E-state index < -0.39 is 5.82 Å². The Morgan fingerprint density at radius 2 is 1.89 bits per heavy atom. The van der Waals surface area contributed by atoms with Crippen molar-refractivity contribution in [1.29, 1.82) is 0 Å². The van der Waals surface area contributed by atoms with Gasteiger partial charge in [-0.05, 0) is 18.2 Å². The molecule has 2 rings (SSSR count). The average Bonchev–Trinajstić information content (AvgIpc) is 2.38. The molecule has 2 aromatic rings. The van der Waals surface area contributed by atoms with Gasteiger partial charge in [0.15, 0.2) is 0 Å². The van der Waals surface area contributed by atoms with Crippen molar-refractivity contribution < 1.29 is 14.2 Å². The van der Waals surface area contributed by atoms with Crippen LogP contribution in [0.15, 0.2) is 42.5 Å². The van der Waals surface area contributed by atoms with Gasteiger partial charge in [-0.1, -0.05) is 35.9 Å². The Morgan fingerprint density at radius 3 is 2.61 bits per heavy atom. The second-order valence-electron chi connectivity index (χ2n) is 3.75.